The first kappa shape index (κ1) is 13.9. The Morgan fingerprint density at radius 2 is 2.15 bits per heavy atom. The maximum Gasteiger partial charge on any atom is 0.152 e. The normalized spacial score (nSPS) is 10.6. The third-order valence-electron chi connectivity index (χ3n) is 3.01. The van der Waals surface area contributed by atoms with Gasteiger partial charge in [0.15, 0.2) is 5.82 Å². The monoisotopic (exact) mass is 273 g/mol. The molecule has 0 aliphatic heterocycles. The molecule has 20 heavy (non-hydrogen) atoms. The largest absolute Gasteiger partial charge is 0.394 e. The Labute approximate surface area is 116 Å². The van der Waals surface area contributed by atoms with Gasteiger partial charge < -0.3 is 11.1 Å². The molecule has 2 rings (SSSR count). The Morgan fingerprint density at radius 1 is 1.45 bits per heavy atom. The molecule has 3 N–H and O–H groups in total. The SMILES string of the molecule is CC(C)c1nn(C)c(Nc2ccc(F)c(C#N)c2)c1N. The fourth-order valence-electron chi connectivity index (χ4n) is 1.96. The van der Waals surface area contributed by atoms with Gasteiger partial charge in [-0.25, -0.2) is 4.39 Å². The van der Waals surface area contributed by atoms with Crippen molar-refractivity contribution in [2.75, 3.05) is 11.1 Å². The summed E-state index contributed by atoms with van der Waals surface area (Å²) in [5.41, 5.74) is 8.01. The third-order valence-corrected chi connectivity index (χ3v) is 3.01. The fraction of sp³-hybridized carbons (Fsp3) is 0.286. The van der Waals surface area contributed by atoms with Crippen LogP contribution in [0.1, 0.15) is 31.0 Å². The number of hydrogen-bond acceptors (Lipinski definition) is 4. The Bertz CT molecular complexity index is 682. The number of nitrogens with two attached hydrogens (primary N) is 1. The van der Waals surface area contributed by atoms with Gasteiger partial charge in [-0.1, -0.05) is 13.8 Å². The average molecular weight is 273 g/mol. The second-order valence-electron chi connectivity index (χ2n) is 4.86. The van der Waals surface area contributed by atoms with E-state index in [4.69, 9.17) is 11.0 Å². The molecule has 0 aliphatic carbocycles. The third kappa shape index (κ3) is 2.43. The summed E-state index contributed by atoms with van der Waals surface area (Å²) in [5.74, 6) is 0.294. The molecule has 0 saturated heterocycles. The van der Waals surface area contributed by atoms with Gasteiger partial charge >= 0.3 is 0 Å². The van der Waals surface area contributed by atoms with Crippen molar-refractivity contribution in [1.29, 1.82) is 5.26 Å². The predicted molar refractivity (Wildman–Crippen MR) is 76.1 cm³/mol. The van der Waals surface area contributed by atoms with Gasteiger partial charge in [-0.15, -0.1) is 0 Å². The van der Waals surface area contributed by atoms with Crippen LogP contribution in [0.15, 0.2) is 18.2 Å². The highest BCUT2D eigenvalue weighted by molar-refractivity contribution is 5.72. The minimum Gasteiger partial charge on any atom is -0.394 e. The zero-order valence-electron chi connectivity index (χ0n) is 11.6. The molecular weight excluding hydrogens is 257 g/mol. The fourth-order valence-corrected chi connectivity index (χ4v) is 1.96. The van der Waals surface area contributed by atoms with Gasteiger partial charge in [-0.2, -0.15) is 10.4 Å². The van der Waals surface area contributed by atoms with Crippen LogP contribution in [0.2, 0.25) is 0 Å². The van der Waals surface area contributed by atoms with Crippen LogP contribution in [0, 0.1) is 17.1 Å². The maximum atomic E-state index is 13.3. The number of aryl methyl sites for hydroxylation is 1. The van der Waals surface area contributed by atoms with E-state index in [0.717, 1.165) is 5.69 Å². The second kappa shape index (κ2) is 5.21. The number of nitriles is 1. The summed E-state index contributed by atoms with van der Waals surface area (Å²) in [5, 5.41) is 16.3. The summed E-state index contributed by atoms with van der Waals surface area (Å²) >= 11 is 0. The van der Waals surface area contributed by atoms with Crippen LogP contribution in [-0.4, -0.2) is 9.78 Å². The highest BCUT2D eigenvalue weighted by Gasteiger charge is 2.16. The van der Waals surface area contributed by atoms with Crippen LogP contribution in [-0.2, 0) is 7.05 Å². The van der Waals surface area contributed by atoms with Crippen molar-refractivity contribution in [2.24, 2.45) is 7.05 Å². The highest BCUT2D eigenvalue weighted by Crippen LogP contribution is 2.30. The number of benzene rings is 1. The summed E-state index contributed by atoms with van der Waals surface area (Å²) in [7, 11) is 1.78. The Hall–Kier alpha value is -2.55. The Kier molecular flexibility index (Phi) is 3.61. The van der Waals surface area contributed by atoms with E-state index in [1.807, 2.05) is 13.8 Å². The van der Waals surface area contributed by atoms with E-state index in [1.54, 1.807) is 23.9 Å². The number of nitrogen functional groups attached to an aromatic ring is 1. The van der Waals surface area contributed by atoms with Gasteiger partial charge in [0.2, 0.25) is 0 Å². The molecule has 0 unspecified atom stereocenters. The summed E-state index contributed by atoms with van der Waals surface area (Å²) in [4.78, 5) is 0. The lowest BCUT2D eigenvalue weighted by Crippen LogP contribution is -2.02. The van der Waals surface area contributed by atoms with Crippen molar-refractivity contribution >= 4 is 17.2 Å². The lowest BCUT2D eigenvalue weighted by Gasteiger charge is -2.08. The number of halogens is 1. The van der Waals surface area contributed by atoms with Crippen molar-refractivity contribution in [2.45, 2.75) is 19.8 Å². The number of anilines is 3. The van der Waals surface area contributed by atoms with Crippen LogP contribution in [0.5, 0.6) is 0 Å². The summed E-state index contributed by atoms with van der Waals surface area (Å²) in [6, 6.07) is 6.05. The van der Waals surface area contributed by atoms with Crippen LogP contribution in [0.25, 0.3) is 0 Å². The topological polar surface area (TPSA) is 79.7 Å². The first-order valence-electron chi connectivity index (χ1n) is 6.23. The lowest BCUT2D eigenvalue weighted by molar-refractivity contribution is 0.624. The molecule has 0 fully saturated rings. The summed E-state index contributed by atoms with van der Waals surface area (Å²) in [6.45, 7) is 4.02. The summed E-state index contributed by atoms with van der Waals surface area (Å²) < 4.78 is 14.9. The standard InChI is InChI=1S/C14H16FN5/c1-8(2)13-12(17)14(20(3)19-13)18-10-4-5-11(15)9(6-10)7-16/h4-6,8,18H,17H2,1-3H3. The molecule has 0 amide bonds. The van der Waals surface area contributed by atoms with Crippen LogP contribution >= 0.6 is 0 Å². The van der Waals surface area contributed by atoms with E-state index in [0.29, 0.717) is 17.2 Å². The van der Waals surface area contributed by atoms with Gasteiger partial charge in [-0.3, -0.25) is 4.68 Å². The highest BCUT2D eigenvalue weighted by atomic mass is 19.1. The van der Waals surface area contributed by atoms with Gasteiger partial charge in [0, 0.05) is 12.7 Å². The van der Waals surface area contributed by atoms with Crippen molar-refractivity contribution in [3.8, 4) is 6.07 Å². The number of hydrogen-bond donors (Lipinski definition) is 2. The molecule has 104 valence electrons. The van der Waals surface area contributed by atoms with E-state index in [2.05, 4.69) is 10.4 Å². The Morgan fingerprint density at radius 3 is 2.70 bits per heavy atom. The first-order chi connectivity index (χ1) is 9.43. The van der Waals surface area contributed by atoms with Gasteiger partial charge in [0.1, 0.15) is 11.9 Å². The zero-order chi connectivity index (χ0) is 14.9. The van der Waals surface area contributed by atoms with Gasteiger partial charge in [-0.05, 0) is 24.1 Å². The van der Waals surface area contributed by atoms with Crippen LogP contribution in [0.4, 0.5) is 21.6 Å². The van der Waals surface area contributed by atoms with E-state index in [9.17, 15) is 4.39 Å². The van der Waals surface area contributed by atoms with Crippen LogP contribution in [0.3, 0.4) is 0 Å². The van der Waals surface area contributed by atoms with Crippen molar-refractivity contribution in [1.82, 2.24) is 9.78 Å². The van der Waals surface area contributed by atoms with Crippen molar-refractivity contribution < 1.29 is 4.39 Å². The zero-order valence-corrected chi connectivity index (χ0v) is 11.6. The van der Waals surface area contributed by atoms with Gasteiger partial charge in [0.05, 0.1) is 16.9 Å². The van der Waals surface area contributed by atoms with E-state index >= 15 is 0 Å². The molecule has 2 aromatic rings. The quantitative estimate of drug-likeness (QED) is 0.901. The lowest BCUT2D eigenvalue weighted by atomic mass is 10.1. The number of rotatable bonds is 3. The van der Waals surface area contributed by atoms with Crippen LogP contribution < -0.4 is 11.1 Å². The molecule has 6 heteroatoms. The van der Waals surface area contributed by atoms with E-state index in [-0.39, 0.29) is 11.5 Å². The maximum absolute atomic E-state index is 13.3. The van der Waals surface area contributed by atoms with Crippen molar-refractivity contribution in [3.63, 3.8) is 0 Å². The molecule has 0 atom stereocenters. The number of nitrogens with zero attached hydrogens (tertiary/aromatic N) is 3. The summed E-state index contributed by atoms with van der Waals surface area (Å²) in [6.07, 6.45) is 0. The molecule has 5 nitrogen and oxygen atoms in total. The molecule has 1 aromatic heterocycles. The minimum absolute atomic E-state index is 0.0141. The minimum atomic E-state index is -0.543. The van der Waals surface area contributed by atoms with Gasteiger partial charge in [0.25, 0.3) is 0 Å². The Balaban J connectivity index is 2.38. The van der Waals surface area contributed by atoms with E-state index < -0.39 is 5.82 Å². The molecule has 0 spiro atoms. The average Bonchev–Trinajstić information content (AvgIpc) is 2.69. The molecule has 0 aliphatic rings. The molecule has 1 aromatic carbocycles. The first-order valence-corrected chi connectivity index (χ1v) is 6.23. The van der Waals surface area contributed by atoms with Crippen molar-refractivity contribution in [3.05, 3.63) is 35.3 Å². The smallest absolute Gasteiger partial charge is 0.152 e. The molecule has 1 heterocycles. The number of nitrogens with one attached hydrogen (secondary N) is 1. The second-order valence-corrected chi connectivity index (χ2v) is 4.86. The molecule has 0 saturated carbocycles. The molecule has 0 bridgehead atoms. The molecular formula is C14H16FN5. The number of aromatic nitrogens is 2. The molecule has 0 radical (unpaired) electrons. The van der Waals surface area contributed by atoms with E-state index in [1.165, 1.54) is 12.1 Å². The predicted octanol–water partition coefficient (Wildman–Crippen LogP) is 2.88.